The van der Waals surface area contributed by atoms with Crippen LogP contribution in [0.15, 0.2) is 66.7 Å². The highest BCUT2D eigenvalue weighted by molar-refractivity contribution is 5.87. The fourth-order valence-corrected chi connectivity index (χ4v) is 2.80. The Hall–Kier alpha value is -4.00. The molecule has 0 aliphatic rings. The zero-order valence-corrected chi connectivity index (χ0v) is 13.9. The molecule has 0 fully saturated rings. The second kappa shape index (κ2) is 6.38. The van der Waals surface area contributed by atoms with Gasteiger partial charge < -0.3 is 10.2 Å². The molecule has 0 atom stereocenters. The van der Waals surface area contributed by atoms with E-state index in [0.29, 0.717) is 28.0 Å². The molecule has 0 aliphatic carbocycles. The number of nitro benzene ring substituents is 1. The van der Waals surface area contributed by atoms with Crippen LogP contribution in [-0.4, -0.2) is 25.1 Å². The van der Waals surface area contributed by atoms with E-state index in [0.717, 1.165) is 5.56 Å². The highest BCUT2D eigenvalue weighted by Gasteiger charge is 2.15. The van der Waals surface area contributed by atoms with Crippen LogP contribution in [0.1, 0.15) is 0 Å². The van der Waals surface area contributed by atoms with Crippen molar-refractivity contribution in [2.75, 3.05) is 0 Å². The van der Waals surface area contributed by atoms with Gasteiger partial charge in [0, 0.05) is 23.3 Å². The molecule has 4 rings (SSSR count). The van der Waals surface area contributed by atoms with E-state index >= 15 is 0 Å². The van der Waals surface area contributed by atoms with E-state index in [2.05, 4.69) is 9.97 Å². The largest absolute Gasteiger partial charge is 0.508 e. The van der Waals surface area contributed by atoms with Crippen LogP contribution in [0.25, 0.3) is 33.5 Å². The number of non-ortho nitro benzene ring substituents is 1. The van der Waals surface area contributed by atoms with E-state index in [-0.39, 0.29) is 17.2 Å². The van der Waals surface area contributed by atoms with Gasteiger partial charge in [0.25, 0.3) is 5.69 Å². The third kappa shape index (κ3) is 3.13. The van der Waals surface area contributed by atoms with Crippen LogP contribution in [0, 0.1) is 10.1 Å². The number of hydrogen-bond acceptors (Lipinski definition) is 6. The van der Waals surface area contributed by atoms with Crippen molar-refractivity contribution in [3.8, 4) is 34.0 Å². The molecule has 7 nitrogen and oxygen atoms in total. The normalized spacial score (nSPS) is 10.8. The first-order chi connectivity index (χ1) is 13.0. The van der Waals surface area contributed by atoms with Gasteiger partial charge in [0.1, 0.15) is 11.5 Å². The van der Waals surface area contributed by atoms with Gasteiger partial charge in [-0.15, -0.1) is 0 Å². The molecule has 0 amide bonds. The first kappa shape index (κ1) is 16.5. The first-order valence-corrected chi connectivity index (χ1v) is 8.06. The average Bonchev–Trinajstić information content (AvgIpc) is 2.68. The molecule has 2 N–H and O–H groups in total. The van der Waals surface area contributed by atoms with Crippen LogP contribution in [0.2, 0.25) is 0 Å². The Labute approximate surface area is 153 Å². The van der Waals surface area contributed by atoms with Gasteiger partial charge in [-0.25, -0.2) is 9.97 Å². The standard InChI is InChI=1S/C20H13N3O4/c24-15-6-1-12(2-7-15)19-20(13-3-8-16(25)9-4-13)22-18-11-14(23(26)27)5-10-17(18)21-19/h1-11,24-25H. The number of phenolic OH excluding ortho intramolecular Hbond substituents is 2. The summed E-state index contributed by atoms with van der Waals surface area (Å²) in [5.41, 5.74) is 3.39. The Balaban J connectivity index is 2.00. The number of aromatic nitrogens is 2. The smallest absolute Gasteiger partial charge is 0.271 e. The molecule has 3 aromatic carbocycles. The predicted octanol–water partition coefficient (Wildman–Crippen LogP) is 4.28. The maximum absolute atomic E-state index is 11.1. The van der Waals surface area contributed by atoms with Crippen molar-refractivity contribution in [1.82, 2.24) is 9.97 Å². The number of phenols is 2. The summed E-state index contributed by atoms with van der Waals surface area (Å²) in [7, 11) is 0. The molecule has 7 heteroatoms. The summed E-state index contributed by atoms with van der Waals surface area (Å²) in [5, 5.41) is 30.2. The van der Waals surface area contributed by atoms with E-state index in [1.165, 1.54) is 24.3 Å². The van der Waals surface area contributed by atoms with Gasteiger partial charge in [0.05, 0.1) is 27.3 Å². The van der Waals surface area contributed by atoms with Crippen LogP contribution in [-0.2, 0) is 0 Å². The van der Waals surface area contributed by atoms with Gasteiger partial charge in [-0.3, -0.25) is 10.1 Å². The zero-order chi connectivity index (χ0) is 19.0. The Morgan fingerprint density at radius 2 is 1.19 bits per heavy atom. The van der Waals surface area contributed by atoms with Crippen molar-refractivity contribution in [2.24, 2.45) is 0 Å². The van der Waals surface area contributed by atoms with Gasteiger partial charge in [0.15, 0.2) is 0 Å². The summed E-state index contributed by atoms with van der Waals surface area (Å²) < 4.78 is 0. The Morgan fingerprint density at radius 1 is 0.704 bits per heavy atom. The van der Waals surface area contributed by atoms with E-state index in [4.69, 9.17) is 0 Å². The molecule has 0 radical (unpaired) electrons. The summed E-state index contributed by atoms with van der Waals surface area (Å²) in [6.45, 7) is 0. The van der Waals surface area contributed by atoms with E-state index < -0.39 is 4.92 Å². The number of benzene rings is 3. The van der Waals surface area contributed by atoms with Crippen LogP contribution in [0.4, 0.5) is 5.69 Å². The second-order valence-corrected chi connectivity index (χ2v) is 5.94. The van der Waals surface area contributed by atoms with Gasteiger partial charge in [-0.1, -0.05) is 0 Å². The van der Waals surface area contributed by atoms with Crippen molar-refractivity contribution in [3.63, 3.8) is 0 Å². The number of aromatic hydroxyl groups is 2. The molecule has 0 saturated heterocycles. The van der Waals surface area contributed by atoms with Crippen LogP contribution in [0.3, 0.4) is 0 Å². The first-order valence-electron chi connectivity index (χ1n) is 8.06. The molecule has 4 aromatic rings. The highest BCUT2D eigenvalue weighted by Crippen LogP contribution is 2.33. The summed E-state index contributed by atoms with van der Waals surface area (Å²) in [6, 6.07) is 17.4. The van der Waals surface area contributed by atoms with Crippen molar-refractivity contribution >= 4 is 16.7 Å². The lowest BCUT2D eigenvalue weighted by molar-refractivity contribution is -0.384. The topological polar surface area (TPSA) is 109 Å². The molecule has 0 saturated carbocycles. The SMILES string of the molecule is O=[N+]([O-])c1ccc2nc(-c3ccc(O)cc3)c(-c3ccc(O)cc3)nc2c1. The van der Waals surface area contributed by atoms with E-state index in [1.807, 2.05) is 0 Å². The Morgan fingerprint density at radius 3 is 1.67 bits per heavy atom. The molecule has 27 heavy (non-hydrogen) atoms. The molecular formula is C20H13N3O4. The molecule has 0 aliphatic heterocycles. The number of rotatable bonds is 3. The summed E-state index contributed by atoms with van der Waals surface area (Å²) in [6.07, 6.45) is 0. The minimum absolute atomic E-state index is 0.0640. The maximum Gasteiger partial charge on any atom is 0.271 e. The van der Waals surface area contributed by atoms with Crippen molar-refractivity contribution in [3.05, 3.63) is 76.8 Å². The second-order valence-electron chi connectivity index (χ2n) is 5.94. The summed E-state index contributed by atoms with van der Waals surface area (Å²) in [5.74, 6) is 0.253. The monoisotopic (exact) mass is 359 g/mol. The van der Waals surface area contributed by atoms with E-state index in [1.54, 1.807) is 42.5 Å². The lowest BCUT2D eigenvalue weighted by Gasteiger charge is -2.11. The molecular weight excluding hydrogens is 346 g/mol. The average molecular weight is 359 g/mol. The van der Waals surface area contributed by atoms with Crippen molar-refractivity contribution in [2.45, 2.75) is 0 Å². The highest BCUT2D eigenvalue weighted by atomic mass is 16.6. The quantitative estimate of drug-likeness (QED) is 0.417. The molecule has 0 bridgehead atoms. The molecule has 132 valence electrons. The maximum atomic E-state index is 11.1. The van der Waals surface area contributed by atoms with Crippen molar-refractivity contribution < 1.29 is 15.1 Å². The lowest BCUT2D eigenvalue weighted by Crippen LogP contribution is -1.96. The molecule has 0 unspecified atom stereocenters. The van der Waals surface area contributed by atoms with Crippen LogP contribution >= 0.6 is 0 Å². The fraction of sp³-hybridized carbons (Fsp3) is 0. The number of nitrogens with zero attached hydrogens (tertiary/aromatic N) is 3. The Kier molecular flexibility index (Phi) is 3.89. The number of nitro groups is 1. The third-order valence-corrected chi connectivity index (χ3v) is 4.14. The third-order valence-electron chi connectivity index (χ3n) is 4.14. The minimum atomic E-state index is -0.477. The fourth-order valence-electron chi connectivity index (χ4n) is 2.80. The predicted molar refractivity (Wildman–Crippen MR) is 100 cm³/mol. The summed E-state index contributed by atoms with van der Waals surface area (Å²) in [4.78, 5) is 19.8. The van der Waals surface area contributed by atoms with Gasteiger partial charge in [-0.05, 0) is 54.6 Å². The van der Waals surface area contributed by atoms with Gasteiger partial charge in [0.2, 0.25) is 0 Å². The molecule has 0 spiro atoms. The Bertz CT molecular complexity index is 1160. The van der Waals surface area contributed by atoms with Crippen LogP contribution < -0.4 is 0 Å². The number of fused-ring (bicyclic) bond motifs is 1. The van der Waals surface area contributed by atoms with Gasteiger partial charge >= 0.3 is 0 Å². The minimum Gasteiger partial charge on any atom is -0.508 e. The zero-order valence-electron chi connectivity index (χ0n) is 13.9. The molecule has 1 aromatic heterocycles. The van der Waals surface area contributed by atoms with E-state index in [9.17, 15) is 20.3 Å². The summed E-state index contributed by atoms with van der Waals surface area (Å²) >= 11 is 0. The van der Waals surface area contributed by atoms with Crippen molar-refractivity contribution in [1.29, 1.82) is 0 Å². The lowest BCUT2D eigenvalue weighted by atomic mass is 10.0. The van der Waals surface area contributed by atoms with Gasteiger partial charge in [-0.2, -0.15) is 0 Å². The van der Waals surface area contributed by atoms with Crippen LogP contribution in [0.5, 0.6) is 11.5 Å². The number of hydrogen-bond donors (Lipinski definition) is 2. The molecule has 1 heterocycles.